The van der Waals surface area contributed by atoms with E-state index in [0.717, 1.165) is 44.7 Å². The topological polar surface area (TPSA) is 23.6 Å². The average Bonchev–Trinajstić information content (AvgIpc) is 2.68. The number of nitrogens with zero attached hydrogens (tertiary/aromatic N) is 2. The lowest BCUT2D eigenvalue weighted by molar-refractivity contribution is 0.101. The number of halogens is 1. The third-order valence-corrected chi connectivity index (χ3v) is 5.59. The first-order chi connectivity index (χ1) is 13.5. The molecule has 1 atom stereocenters. The average molecular weight is 383 g/mol. The molecule has 0 saturated carbocycles. The zero-order valence-electron chi connectivity index (χ0n) is 17.0. The molecule has 0 N–H and O–H groups in total. The molecule has 28 heavy (non-hydrogen) atoms. The van der Waals surface area contributed by atoms with Crippen molar-refractivity contribution in [2.75, 3.05) is 33.2 Å². The molecule has 1 aliphatic heterocycles. The van der Waals surface area contributed by atoms with Crippen LogP contribution in [-0.4, -0.2) is 48.8 Å². The molecule has 0 spiro atoms. The highest BCUT2D eigenvalue weighted by Gasteiger charge is 2.21. The number of hydrogen-bond donors (Lipinski definition) is 0. The molecule has 1 saturated heterocycles. The number of rotatable bonds is 8. The standard InChI is InChI=1S/C24H31FN2O/c1-19(28)23-7-3-5-21(15-23)16-26(2)17-22-6-4-13-27(18-22)14-12-20-8-10-24(25)11-9-20/h3,5,7-11,15,22H,4,6,12-14,16-18H2,1-2H3. The lowest BCUT2D eigenvalue weighted by atomic mass is 9.96. The van der Waals surface area contributed by atoms with Gasteiger partial charge in [-0.2, -0.15) is 0 Å². The minimum atomic E-state index is -0.168. The zero-order chi connectivity index (χ0) is 19.9. The van der Waals surface area contributed by atoms with Gasteiger partial charge in [0.15, 0.2) is 5.78 Å². The maximum atomic E-state index is 13.0. The minimum absolute atomic E-state index is 0.119. The van der Waals surface area contributed by atoms with E-state index in [-0.39, 0.29) is 11.6 Å². The molecule has 3 rings (SSSR count). The Bertz CT molecular complexity index is 774. The van der Waals surface area contributed by atoms with E-state index in [2.05, 4.69) is 22.9 Å². The Kier molecular flexibility index (Phi) is 7.35. The molecule has 0 aromatic heterocycles. The second kappa shape index (κ2) is 9.94. The third kappa shape index (κ3) is 6.25. The Morgan fingerprint density at radius 3 is 2.71 bits per heavy atom. The molecule has 150 valence electrons. The van der Waals surface area contributed by atoms with Gasteiger partial charge in [0, 0.05) is 31.7 Å². The molecule has 0 amide bonds. The second-order valence-electron chi connectivity index (χ2n) is 8.14. The van der Waals surface area contributed by atoms with Crippen LogP contribution in [0.3, 0.4) is 0 Å². The summed E-state index contributed by atoms with van der Waals surface area (Å²) in [6, 6.07) is 14.8. The monoisotopic (exact) mass is 382 g/mol. The number of carbonyl (C=O) groups is 1. The van der Waals surface area contributed by atoms with Gasteiger partial charge in [0.25, 0.3) is 0 Å². The van der Waals surface area contributed by atoms with Gasteiger partial charge in [0.2, 0.25) is 0 Å². The molecule has 0 radical (unpaired) electrons. The number of carbonyl (C=O) groups excluding carboxylic acids is 1. The van der Waals surface area contributed by atoms with Crippen LogP contribution in [0.5, 0.6) is 0 Å². The summed E-state index contributed by atoms with van der Waals surface area (Å²) in [6.45, 7) is 6.86. The van der Waals surface area contributed by atoms with E-state index in [1.54, 1.807) is 19.1 Å². The van der Waals surface area contributed by atoms with E-state index in [0.29, 0.717) is 5.92 Å². The van der Waals surface area contributed by atoms with Gasteiger partial charge in [0.1, 0.15) is 5.82 Å². The van der Waals surface area contributed by atoms with Crippen molar-refractivity contribution in [2.45, 2.75) is 32.7 Å². The van der Waals surface area contributed by atoms with E-state index >= 15 is 0 Å². The zero-order valence-corrected chi connectivity index (χ0v) is 17.0. The Balaban J connectivity index is 1.46. The van der Waals surface area contributed by atoms with Crippen molar-refractivity contribution in [1.82, 2.24) is 9.80 Å². The van der Waals surface area contributed by atoms with Gasteiger partial charge in [-0.05, 0) is 75.0 Å². The van der Waals surface area contributed by atoms with Crippen LogP contribution >= 0.6 is 0 Å². The maximum Gasteiger partial charge on any atom is 0.159 e. The van der Waals surface area contributed by atoms with Crippen molar-refractivity contribution in [1.29, 1.82) is 0 Å². The number of hydrogen-bond acceptors (Lipinski definition) is 3. The summed E-state index contributed by atoms with van der Waals surface area (Å²) >= 11 is 0. The molecule has 3 nitrogen and oxygen atoms in total. The van der Waals surface area contributed by atoms with Crippen molar-refractivity contribution in [2.24, 2.45) is 5.92 Å². The molecule has 1 aliphatic rings. The summed E-state index contributed by atoms with van der Waals surface area (Å²) in [5, 5.41) is 0. The van der Waals surface area contributed by atoms with E-state index < -0.39 is 0 Å². The van der Waals surface area contributed by atoms with Crippen LogP contribution in [-0.2, 0) is 13.0 Å². The number of piperidine rings is 1. The van der Waals surface area contributed by atoms with Gasteiger partial charge in [-0.3, -0.25) is 4.79 Å². The number of Topliss-reactive ketones (excluding diaryl/α,β-unsaturated/α-hetero) is 1. The molecule has 2 aromatic carbocycles. The van der Waals surface area contributed by atoms with Crippen LogP contribution in [0.1, 0.15) is 41.3 Å². The molecule has 0 bridgehead atoms. The lowest BCUT2D eigenvalue weighted by Crippen LogP contribution is -2.40. The summed E-state index contributed by atoms with van der Waals surface area (Å²) in [7, 11) is 2.16. The first-order valence-electron chi connectivity index (χ1n) is 10.2. The van der Waals surface area contributed by atoms with Crippen molar-refractivity contribution in [3.8, 4) is 0 Å². The molecular formula is C24H31FN2O. The third-order valence-electron chi connectivity index (χ3n) is 5.59. The maximum absolute atomic E-state index is 13.0. The van der Waals surface area contributed by atoms with Crippen LogP contribution in [0.4, 0.5) is 4.39 Å². The molecule has 1 unspecified atom stereocenters. The second-order valence-corrected chi connectivity index (χ2v) is 8.14. The number of likely N-dealkylation sites (tertiary alicyclic amines) is 1. The van der Waals surface area contributed by atoms with Gasteiger partial charge in [-0.25, -0.2) is 4.39 Å². The van der Waals surface area contributed by atoms with Crippen molar-refractivity contribution < 1.29 is 9.18 Å². The Labute approximate surface area is 168 Å². The predicted octanol–water partition coefficient (Wildman–Crippen LogP) is 4.41. The highest BCUT2D eigenvalue weighted by atomic mass is 19.1. The largest absolute Gasteiger partial charge is 0.303 e. The SMILES string of the molecule is CC(=O)c1cccc(CN(C)CC2CCCN(CCc3ccc(F)cc3)C2)c1. The molecular weight excluding hydrogens is 351 g/mol. The summed E-state index contributed by atoms with van der Waals surface area (Å²) in [5.74, 6) is 0.621. The normalized spacial score (nSPS) is 17.8. The van der Waals surface area contributed by atoms with Crippen molar-refractivity contribution in [3.63, 3.8) is 0 Å². The highest BCUT2D eigenvalue weighted by molar-refractivity contribution is 5.94. The van der Waals surface area contributed by atoms with Gasteiger partial charge in [0.05, 0.1) is 0 Å². The highest BCUT2D eigenvalue weighted by Crippen LogP contribution is 2.19. The van der Waals surface area contributed by atoms with Crippen LogP contribution in [0.25, 0.3) is 0 Å². The van der Waals surface area contributed by atoms with Crippen LogP contribution in [0.2, 0.25) is 0 Å². The van der Waals surface area contributed by atoms with E-state index in [4.69, 9.17) is 0 Å². The van der Waals surface area contributed by atoms with Crippen LogP contribution in [0.15, 0.2) is 48.5 Å². The number of benzene rings is 2. The van der Waals surface area contributed by atoms with Crippen LogP contribution < -0.4 is 0 Å². The Morgan fingerprint density at radius 2 is 1.96 bits per heavy atom. The molecule has 1 heterocycles. The molecule has 1 fully saturated rings. The van der Waals surface area contributed by atoms with Crippen molar-refractivity contribution >= 4 is 5.78 Å². The first kappa shape index (κ1) is 20.7. The smallest absolute Gasteiger partial charge is 0.159 e. The summed E-state index contributed by atoms with van der Waals surface area (Å²) in [4.78, 5) is 16.5. The first-order valence-corrected chi connectivity index (χ1v) is 10.2. The lowest BCUT2D eigenvalue weighted by Gasteiger charge is -2.34. The fraction of sp³-hybridized carbons (Fsp3) is 0.458. The molecule has 4 heteroatoms. The minimum Gasteiger partial charge on any atom is -0.303 e. The van der Waals surface area contributed by atoms with E-state index in [9.17, 15) is 9.18 Å². The van der Waals surface area contributed by atoms with Gasteiger partial charge in [-0.15, -0.1) is 0 Å². The summed E-state index contributed by atoms with van der Waals surface area (Å²) in [5.41, 5.74) is 3.18. The van der Waals surface area contributed by atoms with Crippen LogP contribution in [0, 0.1) is 11.7 Å². The van der Waals surface area contributed by atoms with E-state index in [1.807, 2.05) is 30.3 Å². The molecule has 2 aromatic rings. The van der Waals surface area contributed by atoms with Gasteiger partial charge >= 0.3 is 0 Å². The van der Waals surface area contributed by atoms with E-state index in [1.165, 1.54) is 24.0 Å². The fourth-order valence-corrected chi connectivity index (χ4v) is 4.15. The summed E-state index contributed by atoms with van der Waals surface area (Å²) < 4.78 is 13.0. The van der Waals surface area contributed by atoms with Gasteiger partial charge < -0.3 is 9.80 Å². The van der Waals surface area contributed by atoms with Gasteiger partial charge in [-0.1, -0.05) is 30.3 Å². The quantitative estimate of drug-likeness (QED) is 0.632. The summed E-state index contributed by atoms with van der Waals surface area (Å²) in [6.07, 6.45) is 3.48. The predicted molar refractivity (Wildman–Crippen MR) is 112 cm³/mol. The Morgan fingerprint density at radius 1 is 1.18 bits per heavy atom. The fourth-order valence-electron chi connectivity index (χ4n) is 4.15. The number of ketones is 1. The van der Waals surface area contributed by atoms with Crippen molar-refractivity contribution in [3.05, 3.63) is 71.0 Å². The molecule has 0 aliphatic carbocycles. The Hall–Kier alpha value is -2.04.